The molecule has 0 bridgehead atoms. The van der Waals surface area contributed by atoms with E-state index in [-0.39, 0.29) is 36.1 Å². The van der Waals surface area contributed by atoms with E-state index in [1.54, 1.807) is 11.8 Å². The fourth-order valence-electron chi connectivity index (χ4n) is 1.73. The van der Waals surface area contributed by atoms with E-state index in [1.165, 1.54) is 0 Å². The number of halogens is 5. The van der Waals surface area contributed by atoms with Gasteiger partial charge in [-0.25, -0.2) is 9.38 Å². The van der Waals surface area contributed by atoms with Crippen molar-refractivity contribution in [3.63, 3.8) is 0 Å². The lowest BCUT2D eigenvalue weighted by molar-refractivity contribution is -0.138. The van der Waals surface area contributed by atoms with Gasteiger partial charge in [-0.2, -0.15) is 24.9 Å². The van der Waals surface area contributed by atoms with Crippen molar-refractivity contribution in [1.29, 1.82) is 0 Å². The van der Waals surface area contributed by atoms with Gasteiger partial charge in [0.25, 0.3) is 0 Å². The normalized spacial score (nSPS) is 11.8. The molecule has 0 aromatic heterocycles. The second kappa shape index (κ2) is 11.0. The smallest absolute Gasteiger partial charge is 0.357 e. The number of alkyl halides is 3. The molecule has 0 aliphatic rings. The molecule has 1 rings (SSSR count). The Morgan fingerprint density at radius 1 is 1.26 bits per heavy atom. The van der Waals surface area contributed by atoms with Gasteiger partial charge >= 0.3 is 6.18 Å². The highest BCUT2D eigenvalue weighted by Gasteiger charge is 2.33. The van der Waals surface area contributed by atoms with Crippen molar-refractivity contribution in [1.82, 2.24) is 10.6 Å². The molecule has 2 N–H and O–H groups in total. The van der Waals surface area contributed by atoms with Crippen LogP contribution in [0, 0.1) is 5.82 Å². The lowest BCUT2D eigenvalue weighted by Gasteiger charge is -2.13. The number of benzene rings is 1. The fourth-order valence-corrected chi connectivity index (χ4v) is 2.03. The van der Waals surface area contributed by atoms with Crippen LogP contribution in [-0.4, -0.2) is 31.1 Å². The van der Waals surface area contributed by atoms with E-state index in [2.05, 4.69) is 15.6 Å². The molecule has 1 aromatic carbocycles. The SMILES string of the molecule is CCNC(=NCc1ccc(F)cc1C(F)(F)F)NCCSC.I. The predicted octanol–water partition coefficient (Wildman–Crippen LogP) is 3.88. The van der Waals surface area contributed by atoms with Crippen molar-refractivity contribution in [2.75, 3.05) is 25.1 Å². The van der Waals surface area contributed by atoms with Crippen molar-refractivity contribution in [2.24, 2.45) is 4.99 Å². The molecular weight excluding hydrogens is 445 g/mol. The summed E-state index contributed by atoms with van der Waals surface area (Å²) in [7, 11) is 0. The average molecular weight is 465 g/mol. The van der Waals surface area contributed by atoms with Gasteiger partial charge in [0.2, 0.25) is 0 Å². The van der Waals surface area contributed by atoms with Crippen LogP contribution in [0.1, 0.15) is 18.1 Å². The predicted molar refractivity (Wildman–Crippen MR) is 98.0 cm³/mol. The van der Waals surface area contributed by atoms with Crippen molar-refractivity contribution in [3.05, 3.63) is 35.1 Å². The number of thioether (sulfide) groups is 1. The first kappa shape index (κ1) is 22.3. The number of hydrogen-bond donors (Lipinski definition) is 2. The van der Waals surface area contributed by atoms with Crippen LogP contribution in [0.2, 0.25) is 0 Å². The maximum Gasteiger partial charge on any atom is 0.416 e. The van der Waals surface area contributed by atoms with E-state index in [4.69, 9.17) is 0 Å². The van der Waals surface area contributed by atoms with E-state index in [1.807, 2.05) is 13.2 Å². The highest BCUT2D eigenvalue weighted by Crippen LogP contribution is 2.32. The van der Waals surface area contributed by atoms with Gasteiger partial charge in [0.05, 0.1) is 12.1 Å². The standard InChI is InChI=1S/C14H19F4N3S.HI/c1-3-19-13(20-6-7-22-2)21-9-10-4-5-11(15)8-12(10)14(16,17)18;/h4-5,8H,3,6-7,9H2,1-2H3,(H2,19,20,21);1H. The summed E-state index contributed by atoms with van der Waals surface area (Å²) in [6.45, 7) is 2.94. The quantitative estimate of drug-likeness (QED) is 0.220. The molecule has 0 aliphatic carbocycles. The topological polar surface area (TPSA) is 36.4 Å². The Morgan fingerprint density at radius 2 is 1.96 bits per heavy atom. The molecule has 0 saturated heterocycles. The summed E-state index contributed by atoms with van der Waals surface area (Å²) < 4.78 is 51.7. The van der Waals surface area contributed by atoms with E-state index in [0.29, 0.717) is 25.1 Å². The van der Waals surface area contributed by atoms with Crippen LogP contribution in [-0.2, 0) is 12.7 Å². The number of guanidine groups is 1. The summed E-state index contributed by atoms with van der Waals surface area (Å²) in [5, 5.41) is 5.98. The van der Waals surface area contributed by atoms with Crippen LogP contribution in [0.25, 0.3) is 0 Å². The molecule has 0 aliphatic heterocycles. The highest BCUT2D eigenvalue weighted by molar-refractivity contribution is 14.0. The Bertz CT molecular complexity index is 509. The zero-order valence-electron chi connectivity index (χ0n) is 12.8. The number of rotatable bonds is 6. The molecule has 0 heterocycles. The van der Waals surface area contributed by atoms with Gasteiger partial charge in [0, 0.05) is 18.8 Å². The van der Waals surface area contributed by atoms with E-state index >= 15 is 0 Å². The van der Waals surface area contributed by atoms with Gasteiger partial charge in [-0.1, -0.05) is 6.07 Å². The summed E-state index contributed by atoms with van der Waals surface area (Å²) in [4.78, 5) is 4.12. The first-order valence-corrected chi connectivity index (χ1v) is 8.14. The van der Waals surface area contributed by atoms with Crippen LogP contribution < -0.4 is 10.6 Å². The maximum atomic E-state index is 13.0. The second-order valence-corrected chi connectivity index (χ2v) is 5.40. The summed E-state index contributed by atoms with van der Waals surface area (Å²) in [6.07, 6.45) is -2.64. The Kier molecular flexibility index (Phi) is 10.6. The molecule has 9 heteroatoms. The van der Waals surface area contributed by atoms with Crippen molar-refractivity contribution in [2.45, 2.75) is 19.6 Å². The lowest BCUT2D eigenvalue weighted by atomic mass is 10.1. The van der Waals surface area contributed by atoms with Gasteiger partial charge in [-0.15, -0.1) is 24.0 Å². The molecule has 3 nitrogen and oxygen atoms in total. The molecule has 23 heavy (non-hydrogen) atoms. The average Bonchev–Trinajstić information content (AvgIpc) is 2.45. The molecule has 0 radical (unpaired) electrons. The van der Waals surface area contributed by atoms with Crippen LogP contribution in [0.5, 0.6) is 0 Å². The van der Waals surface area contributed by atoms with Crippen molar-refractivity contribution < 1.29 is 17.6 Å². The Hall–Kier alpha value is -0.710. The molecule has 1 aromatic rings. The maximum absolute atomic E-state index is 13.0. The van der Waals surface area contributed by atoms with Gasteiger partial charge in [-0.3, -0.25) is 0 Å². The third kappa shape index (κ3) is 8.09. The van der Waals surface area contributed by atoms with Crippen molar-refractivity contribution >= 4 is 41.7 Å². The Labute approximate surface area is 154 Å². The molecule has 0 spiro atoms. The van der Waals surface area contributed by atoms with Gasteiger partial charge in [0.1, 0.15) is 5.82 Å². The minimum Gasteiger partial charge on any atom is -0.357 e. The zero-order chi connectivity index (χ0) is 16.6. The summed E-state index contributed by atoms with van der Waals surface area (Å²) in [5.74, 6) is 0.383. The lowest BCUT2D eigenvalue weighted by Crippen LogP contribution is -2.38. The van der Waals surface area contributed by atoms with Gasteiger partial charge < -0.3 is 10.6 Å². The second-order valence-electron chi connectivity index (χ2n) is 4.41. The number of nitrogens with one attached hydrogen (secondary N) is 2. The van der Waals surface area contributed by atoms with E-state index in [0.717, 1.165) is 17.9 Å². The third-order valence-corrected chi connectivity index (χ3v) is 3.34. The Balaban J connectivity index is 0.00000484. The Morgan fingerprint density at radius 3 is 2.52 bits per heavy atom. The molecular formula is C14H20F4IN3S. The van der Waals surface area contributed by atoms with Crippen LogP contribution in [0.15, 0.2) is 23.2 Å². The minimum atomic E-state index is -4.60. The summed E-state index contributed by atoms with van der Waals surface area (Å²) in [5.41, 5.74) is -1.05. The molecule has 132 valence electrons. The fraction of sp³-hybridized carbons (Fsp3) is 0.500. The number of nitrogens with zero attached hydrogens (tertiary/aromatic N) is 1. The summed E-state index contributed by atoms with van der Waals surface area (Å²) >= 11 is 1.65. The molecule has 0 unspecified atom stereocenters. The van der Waals surface area contributed by atoms with Gasteiger partial charge in [-0.05, 0) is 30.9 Å². The van der Waals surface area contributed by atoms with Crippen LogP contribution in [0.3, 0.4) is 0 Å². The molecule has 0 saturated carbocycles. The first-order valence-electron chi connectivity index (χ1n) is 6.75. The third-order valence-electron chi connectivity index (χ3n) is 2.73. The zero-order valence-corrected chi connectivity index (χ0v) is 16.0. The molecule has 0 amide bonds. The minimum absolute atomic E-state index is 0. The highest BCUT2D eigenvalue weighted by atomic mass is 127. The summed E-state index contributed by atoms with van der Waals surface area (Å²) in [6, 6.07) is 2.63. The molecule has 0 atom stereocenters. The van der Waals surface area contributed by atoms with Crippen molar-refractivity contribution in [3.8, 4) is 0 Å². The number of hydrogen-bond acceptors (Lipinski definition) is 2. The number of aliphatic imine (C=N–C) groups is 1. The monoisotopic (exact) mass is 465 g/mol. The first-order chi connectivity index (χ1) is 10.4. The van der Waals surface area contributed by atoms with E-state index < -0.39 is 17.6 Å². The molecule has 0 fully saturated rings. The van der Waals surface area contributed by atoms with Crippen LogP contribution >= 0.6 is 35.7 Å². The van der Waals surface area contributed by atoms with E-state index in [9.17, 15) is 17.6 Å². The largest absolute Gasteiger partial charge is 0.416 e. The van der Waals surface area contributed by atoms with Gasteiger partial charge in [0.15, 0.2) is 5.96 Å². The van der Waals surface area contributed by atoms with Crippen LogP contribution in [0.4, 0.5) is 17.6 Å².